The lowest BCUT2D eigenvalue weighted by Gasteiger charge is -2.26. The molecule has 0 saturated carbocycles. The van der Waals surface area contributed by atoms with Crippen LogP contribution in [0.1, 0.15) is 52.8 Å². The summed E-state index contributed by atoms with van der Waals surface area (Å²) in [6.07, 6.45) is 0. The second-order valence-corrected chi connectivity index (χ2v) is 7.19. The lowest BCUT2D eigenvalue weighted by Crippen LogP contribution is -2.18. The fraction of sp³-hybridized carbons (Fsp3) is 0.471. The van der Waals surface area contributed by atoms with Crippen LogP contribution in [-0.4, -0.2) is 4.98 Å². The monoisotopic (exact) mass is 259 g/mol. The largest absolute Gasteiger partial charge is 0.249 e. The zero-order valence-electron chi connectivity index (χ0n) is 12.6. The smallest absolute Gasteiger partial charge is 0.149 e. The van der Waals surface area contributed by atoms with Crippen molar-refractivity contribution in [3.8, 4) is 0 Å². The molecule has 2 aromatic rings. The number of fused-ring (bicyclic) bond motifs is 1. The predicted molar refractivity (Wildman–Crippen MR) is 79.1 cm³/mol. The van der Waals surface area contributed by atoms with Gasteiger partial charge in [0.1, 0.15) is 11.3 Å². The zero-order chi connectivity index (χ0) is 14.4. The second-order valence-electron chi connectivity index (χ2n) is 7.19. The summed E-state index contributed by atoms with van der Waals surface area (Å²) in [6, 6.07) is 7.32. The molecule has 0 aliphatic heterocycles. The van der Waals surface area contributed by atoms with Crippen molar-refractivity contribution in [1.29, 1.82) is 0 Å². The second kappa shape index (κ2) is 4.29. The van der Waals surface area contributed by atoms with E-state index in [0.717, 1.165) is 16.6 Å². The standard InChI is InChI=1S/C17H22FN/c1-16(2,3)12-10-14(17(4,5)6)19-15-11(12)8-7-9-13(15)18/h7-10H,1-6H3. The van der Waals surface area contributed by atoms with Crippen molar-refractivity contribution in [3.05, 3.63) is 41.3 Å². The molecule has 0 amide bonds. The molecule has 0 aliphatic rings. The van der Waals surface area contributed by atoms with Crippen molar-refractivity contribution in [2.24, 2.45) is 0 Å². The number of para-hydroxylation sites is 1. The Bertz CT molecular complexity index is 615. The number of nitrogens with zero attached hydrogens (tertiary/aromatic N) is 1. The third-order valence-corrected chi connectivity index (χ3v) is 3.37. The third-order valence-electron chi connectivity index (χ3n) is 3.37. The topological polar surface area (TPSA) is 12.9 Å². The van der Waals surface area contributed by atoms with E-state index in [2.05, 4.69) is 52.6 Å². The molecule has 102 valence electrons. The van der Waals surface area contributed by atoms with E-state index in [9.17, 15) is 4.39 Å². The molecule has 0 radical (unpaired) electrons. The van der Waals surface area contributed by atoms with Crippen LogP contribution in [0.25, 0.3) is 10.9 Å². The van der Waals surface area contributed by atoms with E-state index in [1.54, 1.807) is 6.07 Å². The summed E-state index contributed by atoms with van der Waals surface area (Å²) in [5.41, 5.74) is 2.46. The number of benzene rings is 1. The molecule has 2 heteroatoms. The molecule has 1 aromatic heterocycles. The Kier molecular flexibility index (Phi) is 3.16. The van der Waals surface area contributed by atoms with Crippen LogP contribution < -0.4 is 0 Å². The molecule has 2 rings (SSSR count). The number of halogens is 1. The van der Waals surface area contributed by atoms with Crippen LogP contribution >= 0.6 is 0 Å². The van der Waals surface area contributed by atoms with Gasteiger partial charge >= 0.3 is 0 Å². The Morgan fingerprint density at radius 1 is 0.947 bits per heavy atom. The molecule has 0 bridgehead atoms. The lowest BCUT2D eigenvalue weighted by molar-refractivity contribution is 0.555. The first-order chi connectivity index (χ1) is 8.60. The summed E-state index contributed by atoms with van der Waals surface area (Å²) in [5, 5.41) is 0.917. The van der Waals surface area contributed by atoms with E-state index in [1.807, 2.05) is 6.07 Å². The van der Waals surface area contributed by atoms with Crippen molar-refractivity contribution in [2.45, 2.75) is 52.4 Å². The minimum atomic E-state index is -0.242. The highest BCUT2D eigenvalue weighted by Crippen LogP contribution is 2.33. The Morgan fingerprint density at radius 2 is 1.58 bits per heavy atom. The van der Waals surface area contributed by atoms with E-state index in [0.29, 0.717) is 5.52 Å². The van der Waals surface area contributed by atoms with E-state index in [-0.39, 0.29) is 16.6 Å². The summed E-state index contributed by atoms with van der Waals surface area (Å²) in [6.45, 7) is 12.8. The molecule has 0 fully saturated rings. The maximum absolute atomic E-state index is 14.1. The maximum Gasteiger partial charge on any atom is 0.149 e. The molecule has 0 spiro atoms. The molecule has 1 heterocycles. The minimum absolute atomic E-state index is 0.0328. The van der Waals surface area contributed by atoms with Gasteiger partial charge in [0.15, 0.2) is 0 Å². The highest BCUT2D eigenvalue weighted by atomic mass is 19.1. The highest BCUT2D eigenvalue weighted by Gasteiger charge is 2.24. The van der Waals surface area contributed by atoms with Gasteiger partial charge < -0.3 is 0 Å². The Labute approximate surface area is 114 Å². The van der Waals surface area contributed by atoms with E-state index >= 15 is 0 Å². The molecule has 0 atom stereocenters. The molecular formula is C17H22FN. The Hall–Kier alpha value is -1.44. The van der Waals surface area contributed by atoms with Crippen LogP contribution in [-0.2, 0) is 10.8 Å². The lowest BCUT2D eigenvalue weighted by atomic mass is 9.81. The predicted octanol–water partition coefficient (Wildman–Crippen LogP) is 4.97. The van der Waals surface area contributed by atoms with Gasteiger partial charge in [-0.3, -0.25) is 0 Å². The van der Waals surface area contributed by atoms with E-state index < -0.39 is 0 Å². The van der Waals surface area contributed by atoms with E-state index in [4.69, 9.17) is 0 Å². The zero-order valence-corrected chi connectivity index (χ0v) is 12.6. The van der Waals surface area contributed by atoms with Crippen LogP contribution in [0.3, 0.4) is 0 Å². The number of pyridine rings is 1. The van der Waals surface area contributed by atoms with Crippen molar-refractivity contribution >= 4 is 10.9 Å². The number of hydrogen-bond donors (Lipinski definition) is 0. The molecule has 0 saturated heterocycles. The normalized spacial score (nSPS) is 13.0. The average molecular weight is 259 g/mol. The van der Waals surface area contributed by atoms with E-state index in [1.165, 1.54) is 6.07 Å². The third kappa shape index (κ3) is 2.63. The number of aromatic nitrogens is 1. The number of rotatable bonds is 0. The van der Waals surface area contributed by atoms with Gasteiger partial charge in [-0.1, -0.05) is 53.7 Å². The summed E-state index contributed by atoms with van der Waals surface area (Å²) in [4.78, 5) is 4.55. The molecule has 1 nitrogen and oxygen atoms in total. The molecule has 1 aromatic carbocycles. The molecule has 0 N–H and O–H groups in total. The maximum atomic E-state index is 14.1. The van der Waals surface area contributed by atoms with Crippen molar-refractivity contribution in [1.82, 2.24) is 4.98 Å². The summed E-state index contributed by atoms with van der Waals surface area (Å²) in [5.74, 6) is -0.242. The molecule has 19 heavy (non-hydrogen) atoms. The molecule has 0 aliphatic carbocycles. The van der Waals surface area contributed by atoms with Gasteiger partial charge in [0.25, 0.3) is 0 Å². The average Bonchev–Trinajstić information content (AvgIpc) is 2.25. The van der Waals surface area contributed by atoms with Crippen LogP contribution in [0.4, 0.5) is 4.39 Å². The van der Waals surface area contributed by atoms with Crippen molar-refractivity contribution in [2.75, 3.05) is 0 Å². The van der Waals surface area contributed by atoms with Gasteiger partial charge in [-0.15, -0.1) is 0 Å². The van der Waals surface area contributed by atoms with Crippen LogP contribution in [0.2, 0.25) is 0 Å². The van der Waals surface area contributed by atoms with Gasteiger partial charge in [0.05, 0.1) is 0 Å². The van der Waals surface area contributed by atoms with Crippen molar-refractivity contribution in [3.63, 3.8) is 0 Å². The SMILES string of the molecule is CC(C)(C)c1cc(C(C)(C)C)c2cccc(F)c2n1. The van der Waals surface area contributed by atoms with Crippen molar-refractivity contribution < 1.29 is 4.39 Å². The minimum Gasteiger partial charge on any atom is -0.249 e. The van der Waals surface area contributed by atoms with Gasteiger partial charge in [-0.25, -0.2) is 9.37 Å². The van der Waals surface area contributed by atoms with Gasteiger partial charge in [-0.2, -0.15) is 0 Å². The van der Waals surface area contributed by atoms with Gasteiger partial charge in [0, 0.05) is 16.5 Å². The summed E-state index contributed by atoms with van der Waals surface area (Å²) < 4.78 is 14.1. The number of hydrogen-bond acceptors (Lipinski definition) is 1. The molecular weight excluding hydrogens is 237 g/mol. The van der Waals surface area contributed by atoms with Gasteiger partial charge in [0.2, 0.25) is 0 Å². The van der Waals surface area contributed by atoms with Crippen LogP contribution in [0, 0.1) is 5.82 Å². The first kappa shape index (κ1) is 14.0. The van der Waals surface area contributed by atoms with Gasteiger partial charge in [-0.05, 0) is 23.1 Å². The highest BCUT2D eigenvalue weighted by molar-refractivity contribution is 5.84. The fourth-order valence-corrected chi connectivity index (χ4v) is 2.22. The van der Waals surface area contributed by atoms with Crippen LogP contribution in [0.15, 0.2) is 24.3 Å². The summed E-state index contributed by atoms with van der Waals surface area (Å²) in [7, 11) is 0. The quantitative estimate of drug-likeness (QED) is 0.651. The first-order valence-corrected chi connectivity index (χ1v) is 6.71. The fourth-order valence-electron chi connectivity index (χ4n) is 2.22. The van der Waals surface area contributed by atoms with Crippen LogP contribution in [0.5, 0.6) is 0 Å². The molecule has 0 unspecified atom stereocenters. The Balaban J connectivity index is 2.89. The Morgan fingerprint density at radius 3 is 2.11 bits per heavy atom. The first-order valence-electron chi connectivity index (χ1n) is 6.71. The summed E-state index contributed by atoms with van der Waals surface area (Å²) >= 11 is 0.